The summed E-state index contributed by atoms with van der Waals surface area (Å²) in [6, 6.07) is 18.8. The third-order valence-electron chi connectivity index (χ3n) is 3.65. The van der Waals surface area contributed by atoms with Gasteiger partial charge in [-0.3, -0.25) is 14.5 Å². The van der Waals surface area contributed by atoms with Crippen LogP contribution in [0.5, 0.6) is 0 Å². The van der Waals surface area contributed by atoms with Crippen molar-refractivity contribution in [3.63, 3.8) is 0 Å². The Kier molecular flexibility index (Phi) is 7.66. The molecule has 2 rings (SSSR count). The Morgan fingerprint density at radius 3 is 2.28 bits per heavy atom. The molecule has 0 heterocycles. The number of ether oxygens (including phenoxy) is 1. The van der Waals surface area contributed by atoms with E-state index in [0.717, 1.165) is 5.56 Å². The molecule has 0 fully saturated rings. The van der Waals surface area contributed by atoms with E-state index in [9.17, 15) is 9.59 Å². The first-order chi connectivity index (χ1) is 12.2. The van der Waals surface area contributed by atoms with E-state index in [1.165, 1.54) is 4.90 Å². The Morgan fingerprint density at radius 1 is 1.00 bits per heavy atom. The molecule has 25 heavy (non-hydrogen) atoms. The van der Waals surface area contributed by atoms with Crippen LogP contribution in [0.3, 0.4) is 0 Å². The van der Waals surface area contributed by atoms with Crippen LogP contribution in [0.15, 0.2) is 60.7 Å². The maximum atomic E-state index is 12.7. The highest BCUT2D eigenvalue weighted by atomic mass is 16.5. The minimum atomic E-state index is -0.601. The highest BCUT2D eigenvalue weighted by Crippen LogP contribution is 2.17. The van der Waals surface area contributed by atoms with Gasteiger partial charge >= 0.3 is 11.8 Å². The van der Waals surface area contributed by atoms with Crippen LogP contribution in [0.1, 0.15) is 18.9 Å². The maximum absolute atomic E-state index is 12.7. The molecule has 2 aromatic rings. The Morgan fingerprint density at radius 2 is 1.64 bits per heavy atom. The molecule has 0 spiro atoms. The van der Waals surface area contributed by atoms with Crippen molar-refractivity contribution in [2.75, 3.05) is 24.7 Å². The van der Waals surface area contributed by atoms with Crippen molar-refractivity contribution in [2.45, 2.75) is 19.9 Å². The van der Waals surface area contributed by atoms with Crippen LogP contribution in [-0.4, -0.2) is 31.6 Å². The predicted octanol–water partition coefficient (Wildman–Crippen LogP) is 2.76. The molecule has 0 saturated carbocycles. The number of carbonyl (C=O) groups excluding carboxylic acids is 2. The van der Waals surface area contributed by atoms with Crippen LogP contribution in [0.4, 0.5) is 5.69 Å². The van der Waals surface area contributed by atoms with Gasteiger partial charge in [0, 0.05) is 25.4 Å². The summed E-state index contributed by atoms with van der Waals surface area (Å²) in [4.78, 5) is 26.4. The van der Waals surface area contributed by atoms with E-state index in [-0.39, 0.29) is 0 Å². The van der Waals surface area contributed by atoms with E-state index in [2.05, 4.69) is 5.32 Å². The van der Waals surface area contributed by atoms with Gasteiger partial charge < -0.3 is 10.1 Å². The van der Waals surface area contributed by atoms with Gasteiger partial charge in [0.15, 0.2) is 0 Å². The SMILES string of the molecule is CCOCCCNC(=O)C(=O)N(Cc1ccccc1)c1ccccc1. The minimum absolute atomic E-state index is 0.343. The molecular formula is C20H24N2O3. The lowest BCUT2D eigenvalue weighted by Crippen LogP contribution is -2.43. The van der Waals surface area contributed by atoms with E-state index in [1.54, 1.807) is 0 Å². The molecule has 0 saturated heterocycles. The number of nitrogens with one attached hydrogen (secondary N) is 1. The molecule has 0 aliphatic carbocycles. The van der Waals surface area contributed by atoms with Gasteiger partial charge in [0.05, 0.1) is 6.54 Å². The maximum Gasteiger partial charge on any atom is 0.316 e. The molecular weight excluding hydrogens is 316 g/mol. The lowest BCUT2D eigenvalue weighted by Gasteiger charge is -2.22. The fourth-order valence-corrected chi connectivity index (χ4v) is 2.37. The Hall–Kier alpha value is -2.66. The molecule has 0 aliphatic rings. The van der Waals surface area contributed by atoms with E-state index in [0.29, 0.717) is 38.4 Å². The lowest BCUT2D eigenvalue weighted by atomic mass is 10.2. The third-order valence-corrected chi connectivity index (χ3v) is 3.65. The van der Waals surface area contributed by atoms with Gasteiger partial charge in [-0.2, -0.15) is 0 Å². The van der Waals surface area contributed by atoms with E-state index in [1.807, 2.05) is 67.6 Å². The predicted molar refractivity (Wildman–Crippen MR) is 98.2 cm³/mol. The monoisotopic (exact) mass is 340 g/mol. The van der Waals surface area contributed by atoms with Crippen LogP contribution >= 0.6 is 0 Å². The molecule has 132 valence electrons. The van der Waals surface area contributed by atoms with Crippen molar-refractivity contribution >= 4 is 17.5 Å². The summed E-state index contributed by atoms with van der Waals surface area (Å²) in [7, 11) is 0. The van der Waals surface area contributed by atoms with Gasteiger partial charge in [-0.1, -0.05) is 48.5 Å². The standard InChI is InChI=1S/C20H24N2O3/c1-2-25-15-9-14-21-19(23)20(24)22(18-12-7-4-8-13-18)16-17-10-5-3-6-11-17/h3-8,10-13H,2,9,14-16H2,1H3,(H,21,23). The zero-order chi connectivity index (χ0) is 17.9. The van der Waals surface area contributed by atoms with Crippen LogP contribution in [0, 0.1) is 0 Å². The highest BCUT2D eigenvalue weighted by Gasteiger charge is 2.23. The van der Waals surface area contributed by atoms with Gasteiger partial charge in [0.25, 0.3) is 0 Å². The van der Waals surface area contributed by atoms with Crippen LogP contribution in [0.2, 0.25) is 0 Å². The first kappa shape index (κ1) is 18.7. The highest BCUT2D eigenvalue weighted by molar-refractivity contribution is 6.40. The fourth-order valence-electron chi connectivity index (χ4n) is 2.37. The second kappa shape index (κ2) is 10.3. The zero-order valence-corrected chi connectivity index (χ0v) is 14.5. The molecule has 0 aromatic heterocycles. The summed E-state index contributed by atoms with van der Waals surface area (Å²) >= 11 is 0. The van der Waals surface area contributed by atoms with Crippen molar-refractivity contribution in [1.82, 2.24) is 5.32 Å². The smallest absolute Gasteiger partial charge is 0.316 e. The molecule has 2 aromatic carbocycles. The molecule has 5 heteroatoms. The molecule has 1 N–H and O–H groups in total. The number of nitrogens with zero attached hydrogens (tertiary/aromatic N) is 1. The number of hydrogen-bond acceptors (Lipinski definition) is 3. The average Bonchev–Trinajstić information content (AvgIpc) is 2.67. The Balaban J connectivity index is 2.04. The van der Waals surface area contributed by atoms with Gasteiger partial charge in [0.1, 0.15) is 0 Å². The van der Waals surface area contributed by atoms with Crippen LogP contribution in [0.25, 0.3) is 0 Å². The second-order valence-electron chi connectivity index (χ2n) is 5.52. The van der Waals surface area contributed by atoms with Crippen molar-refractivity contribution in [2.24, 2.45) is 0 Å². The van der Waals surface area contributed by atoms with Crippen molar-refractivity contribution in [1.29, 1.82) is 0 Å². The second-order valence-corrected chi connectivity index (χ2v) is 5.52. The average molecular weight is 340 g/mol. The molecule has 5 nitrogen and oxygen atoms in total. The number of benzene rings is 2. The largest absolute Gasteiger partial charge is 0.382 e. The van der Waals surface area contributed by atoms with E-state index >= 15 is 0 Å². The van der Waals surface area contributed by atoms with E-state index < -0.39 is 11.8 Å². The molecule has 0 bridgehead atoms. The summed E-state index contributed by atoms with van der Waals surface area (Å²) in [5, 5.41) is 2.67. The number of para-hydroxylation sites is 1. The first-order valence-electron chi connectivity index (χ1n) is 8.48. The topological polar surface area (TPSA) is 58.6 Å². The Labute approximate surface area is 148 Å². The first-order valence-corrected chi connectivity index (χ1v) is 8.48. The number of rotatable bonds is 8. The summed E-state index contributed by atoms with van der Waals surface area (Å²) in [6.45, 7) is 3.89. The zero-order valence-electron chi connectivity index (χ0n) is 14.5. The van der Waals surface area contributed by atoms with Crippen LogP contribution in [-0.2, 0) is 20.9 Å². The summed E-state index contributed by atoms with van der Waals surface area (Å²) in [5.74, 6) is -1.16. The van der Waals surface area contributed by atoms with Crippen LogP contribution < -0.4 is 10.2 Å². The van der Waals surface area contributed by atoms with Gasteiger partial charge in [-0.15, -0.1) is 0 Å². The number of hydrogen-bond donors (Lipinski definition) is 1. The van der Waals surface area contributed by atoms with Gasteiger partial charge in [-0.25, -0.2) is 0 Å². The summed E-state index contributed by atoms with van der Waals surface area (Å²) < 4.78 is 5.22. The van der Waals surface area contributed by atoms with Crippen molar-refractivity contribution < 1.29 is 14.3 Å². The summed E-state index contributed by atoms with van der Waals surface area (Å²) in [6.07, 6.45) is 0.677. The minimum Gasteiger partial charge on any atom is -0.382 e. The summed E-state index contributed by atoms with van der Waals surface area (Å²) in [5.41, 5.74) is 1.66. The van der Waals surface area contributed by atoms with Gasteiger partial charge in [0.2, 0.25) is 0 Å². The van der Waals surface area contributed by atoms with Crippen molar-refractivity contribution in [3.8, 4) is 0 Å². The van der Waals surface area contributed by atoms with E-state index in [4.69, 9.17) is 4.74 Å². The fraction of sp³-hybridized carbons (Fsp3) is 0.300. The molecule has 0 radical (unpaired) electrons. The molecule has 0 atom stereocenters. The third kappa shape index (κ3) is 6.04. The number of amides is 2. The quantitative estimate of drug-likeness (QED) is 0.594. The molecule has 0 aliphatic heterocycles. The normalized spacial score (nSPS) is 10.3. The lowest BCUT2D eigenvalue weighted by molar-refractivity contribution is -0.137. The van der Waals surface area contributed by atoms with Gasteiger partial charge in [-0.05, 0) is 31.0 Å². The molecule has 2 amide bonds. The molecule has 0 unspecified atom stereocenters. The number of anilines is 1. The Bertz CT molecular complexity index is 659. The van der Waals surface area contributed by atoms with Crippen molar-refractivity contribution in [3.05, 3.63) is 66.2 Å². The number of carbonyl (C=O) groups is 2.